The molecule has 3 aromatic heterocycles. The van der Waals surface area contributed by atoms with Crippen molar-refractivity contribution in [2.24, 2.45) is 0 Å². The van der Waals surface area contributed by atoms with Crippen LogP contribution in [-0.4, -0.2) is 30.6 Å². The number of nitrogens with one attached hydrogen (secondary N) is 1. The zero-order valence-corrected chi connectivity index (χ0v) is 13.3. The van der Waals surface area contributed by atoms with Gasteiger partial charge in [-0.05, 0) is 12.1 Å². The minimum Gasteiger partial charge on any atom is -0.339 e. The molecular weight excluding hydrogens is 296 g/mol. The van der Waals surface area contributed by atoms with Gasteiger partial charge in [-0.15, -0.1) is 10.2 Å². The first-order chi connectivity index (χ1) is 10.9. The van der Waals surface area contributed by atoms with E-state index in [0.29, 0.717) is 29.7 Å². The maximum Gasteiger partial charge on any atom is 0.235 e. The maximum absolute atomic E-state index is 12.0. The summed E-state index contributed by atoms with van der Waals surface area (Å²) in [7, 11) is 0. The van der Waals surface area contributed by atoms with E-state index >= 15 is 0 Å². The molecule has 8 nitrogen and oxygen atoms in total. The maximum atomic E-state index is 12.0. The molecule has 1 N–H and O–H groups in total. The molecule has 0 radical (unpaired) electrons. The van der Waals surface area contributed by atoms with Gasteiger partial charge >= 0.3 is 0 Å². The molecule has 3 aromatic rings. The summed E-state index contributed by atoms with van der Waals surface area (Å²) in [4.78, 5) is 16.4. The van der Waals surface area contributed by atoms with Crippen LogP contribution in [0.2, 0.25) is 0 Å². The largest absolute Gasteiger partial charge is 0.339 e. The fourth-order valence-electron chi connectivity index (χ4n) is 2.00. The lowest BCUT2D eigenvalue weighted by Gasteiger charge is -2.10. The van der Waals surface area contributed by atoms with Crippen molar-refractivity contribution in [3.05, 3.63) is 36.1 Å². The van der Waals surface area contributed by atoms with E-state index in [1.165, 1.54) is 0 Å². The van der Waals surface area contributed by atoms with Gasteiger partial charge in [-0.2, -0.15) is 4.98 Å². The van der Waals surface area contributed by atoms with Gasteiger partial charge in [0, 0.05) is 24.5 Å². The molecule has 0 fully saturated rings. The molecular formula is C15H18N6O2. The lowest BCUT2D eigenvalue weighted by atomic mass is 9.96. The molecule has 0 bridgehead atoms. The fraction of sp³-hybridized carbons (Fsp3) is 0.400. The number of rotatable bonds is 4. The first-order valence-corrected chi connectivity index (χ1v) is 7.36. The summed E-state index contributed by atoms with van der Waals surface area (Å²) in [6, 6.07) is 5.52. The van der Waals surface area contributed by atoms with Crippen LogP contribution in [0.15, 0.2) is 28.9 Å². The molecule has 0 atom stereocenters. The Kier molecular flexibility index (Phi) is 3.81. The van der Waals surface area contributed by atoms with E-state index in [1.54, 1.807) is 10.6 Å². The Hall–Kier alpha value is -2.77. The van der Waals surface area contributed by atoms with Gasteiger partial charge < -0.3 is 4.52 Å². The number of hydrogen-bond acceptors (Lipinski definition) is 6. The van der Waals surface area contributed by atoms with Crippen molar-refractivity contribution in [2.75, 3.05) is 5.32 Å². The highest BCUT2D eigenvalue weighted by Gasteiger charge is 2.21. The second-order valence-corrected chi connectivity index (χ2v) is 6.26. The molecule has 0 saturated carbocycles. The highest BCUT2D eigenvalue weighted by molar-refractivity contribution is 5.89. The average molecular weight is 314 g/mol. The number of carbonyl (C=O) groups excluding carboxylic acids is 1. The van der Waals surface area contributed by atoms with Crippen LogP contribution in [0, 0.1) is 0 Å². The van der Waals surface area contributed by atoms with Crippen LogP contribution in [-0.2, 0) is 16.6 Å². The van der Waals surface area contributed by atoms with Crippen molar-refractivity contribution in [1.82, 2.24) is 24.7 Å². The molecule has 0 saturated heterocycles. The van der Waals surface area contributed by atoms with Gasteiger partial charge in [0.15, 0.2) is 11.5 Å². The highest BCUT2D eigenvalue weighted by Crippen LogP contribution is 2.18. The van der Waals surface area contributed by atoms with Crippen LogP contribution < -0.4 is 5.32 Å². The Morgan fingerprint density at radius 1 is 1.30 bits per heavy atom. The number of hydrogen-bond donors (Lipinski definition) is 1. The van der Waals surface area contributed by atoms with E-state index in [0.717, 1.165) is 0 Å². The summed E-state index contributed by atoms with van der Waals surface area (Å²) in [6.45, 7) is 6.01. The van der Waals surface area contributed by atoms with Crippen molar-refractivity contribution >= 4 is 17.5 Å². The smallest absolute Gasteiger partial charge is 0.235 e. The Bertz CT molecular complexity index is 830. The molecule has 23 heavy (non-hydrogen) atoms. The standard InChI is InChI=1S/C15H18N6O2/c1-15(2,3)13-17-12(23-20-13)8-7-11(22)16-14-19-18-10-6-4-5-9-21(10)14/h4-6,9H,7-8H2,1-3H3,(H,16,19,22). The Morgan fingerprint density at radius 2 is 2.13 bits per heavy atom. The van der Waals surface area contributed by atoms with Crippen molar-refractivity contribution in [1.29, 1.82) is 0 Å². The van der Waals surface area contributed by atoms with Gasteiger partial charge in [0.05, 0.1) is 0 Å². The SMILES string of the molecule is CC(C)(C)c1noc(CCC(=O)Nc2nnc3ccccn23)n1. The Morgan fingerprint density at radius 3 is 2.87 bits per heavy atom. The minimum atomic E-state index is -0.182. The van der Waals surface area contributed by atoms with Crippen LogP contribution in [0.25, 0.3) is 5.65 Å². The zero-order chi connectivity index (χ0) is 16.4. The quantitative estimate of drug-likeness (QED) is 0.790. The molecule has 3 heterocycles. The van der Waals surface area contributed by atoms with E-state index < -0.39 is 0 Å². The number of nitrogens with zero attached hydrogens (tertiary/aromatic N) is 5. The summed E-state index contributed by atoms with van der Waals surface area (Å²) in [5, 5.41) is 14.6. The van der Waals surface area contributed by atoms with Crippen LogP contribution in [0.3, 0.4) is 0 Å². The lowest BCUT2D eigenvalue weighted by molar-refractivity contribution is -0.116. The first-order valence-electron chi connectivity index (χ1n) is 7.36. The van der Waals surface area contributed by atoms with Crippen LogP contribution in [0.5, 0.6) is 0 Å². The van der Waals surface area contributed by atoms with Crippen molar-refractivity contribution in [2.45, 2.75) is 39.0 Å². The Balaban J connectivity index is 1.61. The summed E-state index contributed by atoms with van der Waals surface area (Å²) >= 11 is 0. The molecule has 120 valence electrons. The lowest BCUT2D eigenvalue weighted by Crippen LogP contribution is -2.15. The van der Waals surface area contributed by atoms with Crippen molar-refractivity contribution in [3.8, 4) is 0 Å². The van der Waals surface area contributed by atoms with Crippen LogP contribution in [0.1, 0.15) is 38.9 Å². The third kappa shape index (κ3) is 3.36. The van der Waals surface area contributed by atoms with Gasteiger partial charge in [-0.3, -0.25) is 14.5 Å². The van der Waals surface area contributed by atoms with Gasteiger partial charge in [-0.1, -0.05) is 32.0 Å². The van der Waals surface area contributed by atoms with Gasteiger partial charge in [0.2, 0.25) is 17.7 Å². The summed E-state index contributed by atoms with van der Waals surface area (Å²) in [6.07, 6.45) is 2.40. The van der Waals surface area contributed by atoms with Crippen LogP contribution in [0.4, 0.5) is 5.95 Å². The number of amides is 1. The fourth-order valence-corrected chi connectivity index (χ4v) is 2.00. The van der Waals surface area contributed by atoms with Gasteiger partial charge in [-0.25, -0.2) is 0 Å². The number of fused-ring (bicyclic) bond motifs is 1. The molecule has 0 aromatic carbocycles. The number of aromatic nitrogens is 5. The first kappa shape index (κ1) is 15.1. The third-order valence-corrected chi connectivity index (χ3v) is 3.27. The van der Waals surface area contributed by atoms with E-state index in [1.807, 2.05) is 39.0 Å². The van der Waals surface area contributed by atoms with E-state index in [-0.39, 0.29) is 17.7 Å². The molecule has 1 amide bonds. The second-order valence-electron chi connectivity index (χ2n) is 6.26. The second kappa shape index (κ2) is 5.79. The molecule has 8 heteroatoms. The number of carbonyl (C=O) groups is 1. The number of aryl methyl sites for hydroxylation is 1. The highest BCUT2D eigenvalue weighted by atomic mass is 16.5. The van der Waals surface area contributed by atoms with Gasteiger partial charge in [0.1, 0.15) is 0 Å². The Labute approximate surface area is 132 Å². The number of pyridine rings is 1. The third-order valence-electron chi connectivity index (χ3n) is 3.27. The van der Waals surface area contributed by atoms with E-state index in [2.05, 4.69) is 25.7 Å². The van der Waals surface area contributed by atoms with E-state index in [4.69, 9.17) is 4.52 Å². The molecule has 0 aliphatic heterocycles. The molecule has 0 aliphatic carbocycles. The van der Waals surface area contributed by atoms with Crippen LogP contribution >= 0.6 is 0 Å². The summed E-state index contributed by atoms with van der Waals surface area (Å²) < 4.78 is 6.88. The van der Waals surface area contributed by atoms with E-state index in [9.17, 15) is 4.79 Å². The van der Waals surface area contributed by atoms with Crippen molar-refractivity contribution in [3.63, 3.8) is 0 Å². The minimum absolute atomic E-state index is 0.176. The summed E-state index contributed by atoms with van der Waals surface area (Å²) in [5.41, 5.74) is 0.499. The predicted molar refractivity (Wildman–Crippen MR) is 82.9 cm³/mol. The molecule has 3 rings (SSSR count). The predicted octanol–water partition coefficient (Wildman–Crippen LogP) is 1.98. The normalized spacial score (nSPS) is 11.8. The monoisotopic (exact) mass is 314 g/mol. The molecule has 0 spiro atoms. The molecule has 0 aliphatic rings. The topological polar surface area (TPSA) is 98.2 Å². The summed E-state index contributed by atoms with van der Waals surface area (Å²) in [5.74, 6) is 1.30. The average Bonchev–Trinajstić information content (AvgIpc) is 3.12. The zero-order valence-electron chi connectivity index (χ0n) is 13.3. The number of anilines is 1. The van der Waals surface area contributed by atoms with Crippen molar-refractivity contribution < 1.29 is 9.32 Å². The molecule has 0 unspecified atom stereocenters. The van der Waals surface area contributed by atoms with Gasteiger partial charge in [0.25, 0.3) is 0 Å².